The molecule has 0 saturated carbocycles. The first kappa shape index (κ1) is 20.3. The minimum Gasteiger partial charge on any atom is -0.345 e. The van der Waals surface area contributed by atoms with Crippen LogP contribution in [-0.4, -0.2) is 51.2 Å². The Morgan fingerprint density at radius 3 is 2.90 bits per heavy atom. The molecule has 0 bridgehead atoms. The molecule has 0 unspecified atom stereocenters. The maximum Gasteiger partial charge on any atom is 0.405 e. The SMILES string of the molecule is O=C(NCC(F)(F)F)[C@@H]1CCCN1c1nc(-c2c[nH]c3ncc(Cl)cc23)ncc1F. The number of nitrogens with one attached hydrogen (secondary N) is 2. The van der Waals surface area contributed by atoms with Crippen molar-refractivity contribution in [2.45, 2.75) is 25.1 Å². The molecule has 30 heavy (non-hydrogen) atoms. The van der Waals surface area contributed by atoms with Crippen LogP contribution in [0.1, 0.15) is 12.8 Å². The zero-order chi connectivity index (χ0) is 21.5. The maximum atomic E-state index is 14.5. The molecule has 1 saturated heterocycles. The van der Waals surface area contributed by atoms with Crippen LogP contribution in [0.2, 0.25) is 5.02 Å². The molecule has 0 spiro atoms. The molecule has 2 N–H and O–H groups in total. The highest BCUT2D eigenvalue weighted by atomic mass is 35.5. The number of fused-ring (bicyclic) bond motifs is 1. The zero-order valence-electron chi connectivity index (χ0n) is 15.3. The van der Waals surface area contributed by atoms with E-state index in [0.717, 1.165) is 6.20 Å². The van der Waals surface area contributed by atoms with Gasteiger partial charge in [-0.2, -0.15) is 13.2 Å². The normalized spacial score (nSPS) is 17.0. The number of alkyl halides is 3. The molecular formula is C18H15ClF4N6O. The first-order valence-corrected chi connectivity index (χ1v) is 9.37. The van der Waals surface area contributed by atoms with Crippen LogP contribution in [0.25, 0.3) is 22.4 Å². The van der Waals surface area contributed by atoms with Crippen molar-refractivity contribution in [2.75, 3.05) is 18.0 Å². The van der Waals surface area contributed by atoms with Gasteiger partial charge in [0, 0.05) is 29.9 Å². The van der Waals surface area contributed by atoms with Gasteiger partial charge in [0.25, 0.3) is 0 Å². The van der Waals surface area contributed by atoms with Crippen molar-refractivity contribution in [1.82, 2.24) is 25.3 Å². The van der Waals surface area contributed by atoms with Crippen LogP contribution in [0, 0.1) is 5.82 Å². The number of hydrogen-bond acceptors (Lipinski definition) is 5. The Morgan fingerprint density at radius 2 is 2.13 bits per heavy atom. The van der Waals surface area contributed by atoms with E-state index in [0.29, 0.717) is 28.0 Å². The number of carbonyl (C=O) groups is 1. The Balaban J connectivity index is 1.66. The molecule has 1 amide bonds. The molecule has 7 nitrogen and oxygen atoms in total. The second kappa shape index (κ2) is 7.71. The van der Waals surface area contributed by atoms with E-state index >= 15 is 0 Å². The van der Waals surface area contributed by atoms with Crippen LogP contribution in [0.5, 0.6) is 0 Å². The minimum absolute atomic E-state index is 0.144. The van der Waals surface area contributed by atoms with Gasteiger partial charge in [-0.05, 0) is 18.9 Å². The van der Waals surface area contributed by atoms with Gasteiger partial charge in [-0.1, -0.05) is 11.6 Å². The molecule has 1 fully saturated rings. The number of aromatic amines is 1. The van der Waals surface area contributed by atoms with Crippen LogP contribution in [0.4, 0.5) is 23.4 Å². The molecule has 4 heterocycles. The molecule has 1 atom stereocenters. The van der Waals surface area contributed by atoms with Gasteiger partial charge in [0.1, 0.15) is 18.2 Å². The predicted octanol–water partition coefficient (Wildman–Crippen LogP) is 3.46. The van der Waals surface area contributed by atoms with E-state index in [-0.39, 0.29) is 24.6 Å². The van der Waals surface area contributed by atoms with Crippen LogP contribution < -0.4 is 10.2 Å². The number of aromatic nitrogens is 4. The van der Waals surface area contributed by atoms with Gasteiger partial charge >= 0.3 is 6.18 Å². The summed E-state index contributed by atoms with van der Waals surface area (Å²) in [5.74, 6) is -1.57. The Labute approximate surface area is 172 Å². The number of hydrogen-bond donors (Lipinski definition) is 2. The molecule has 3 aromatic heterocycles. The van der Waals surface area contributed by atoms with Crippen LogP contribution in [0.3, 0.4) is 0 Å². The number of halogens is 5. The van der Waals surface area contributed by atoms with E-state index in [4.69, 9.17) is 11.6 Å². The molecule has 4 rings (SSSR count). The van der Waals surface area contributed by atoms with E-state index < -0.39 is 30.5 Å². The lowest BCUT2D eigenvalue weighted by Gasteiger charge is -2.25. The van der Waals surface area contributed by atoms with Gasteiger partial charge in [0.2, 0.25) is 5.91 Å². The maximum absolute atomic E-state index is 14.5. The van der Waals surface area contributed by atoms with Crippen molar-refractivity contribution in [3.05, 3.63) is 35.5 Å². The smallest absolute Gasteiger partial charge is 0.345 e. The lowest BCUT2D eigenvalue weighted by molar-refractivity contribution is -0.139. The zero-order valence-corrected chi connectivity index (χ0v) is 16.1. The van der Waals surface area contributed by atoms with Gasteiger partial charge in [-0.3, -0.25) is 4.79 Å². The predicted molar refractivity (Wildman–Crippen MR) is 102 cm³/mol. The highest BCUT2D eigenvalue weighted by Crippen LogP contribution is 2.31. The van der Waals surface area contributed by atoms with Gasteiger partial charge < -0.3 is 15.2 Å². The lowest BCUT2D eigenvalue weighted by atomic mass is 10.2. The fourth-order valence-electron chi connectivity index (χ4n) is 3.45. The topological polar surface area (TPSA) is 86.8 Å². The fraction of sp³-hybridized carbons (Fsp3) is 0.333. The number of rotatable bonds is 4. The number of H-pyrrole nitrogens is 1. The lowest BCUT2D eigenvalue weighted by Crippen LogP contribution is -2.46. The standard InChI is InChI=1S/C18H15ClF4N6O/c19-9-4-10-11(6-25-14(10)24-5-9)15-26-7-12(20)16(28-15)29-3-1-2-13(29)17(30)27-8-18(21,22)23/h4-7,13H,1-3,8H2,(H,24,25)(H,27,30)/t13-/m0/s1. The van der Waals surface area contributed by atoms with E-state index in [9.17, 15) is 22.4 Å². The molecule has 0 aromatic carbocycles. The summed E-state index contributed by atoms with van der Waals surface area (Å²) in [6, 6.07) is 0.703. The van der Waals surface area contributed by atoms with E-state index in [1.807, 2.05) is 5.32 Å². The Hall–Kier alpha value is -2.95. The average Bonchev–Trinajstić information content (AvgIpc) is 3.33. The molecule has 158 valence electrons. The quantitative estimate of drug-likeness (QED) is 0.604. The first-order valence-electron chi connectivity index (χ1n) is 8.99. The summed E-state index contributed by atoms with van der Waals surface area (Å²) >= 11 is 6.00. The average molecular weight is 443 g/mol. The molecular weight excluding hydrogens is 428 g/mol. The molecule has 1 aliphatic rings. The molecule has 1 aliphatic heterocycles. The monoisotopic (exact) mass is 442 g/mol. The summed E-state index contributed by atoms with van der Waals surface area (Å²) in [6.07, 6.45) is 0.303. The molecule has 0 aliphatic carbocycles. The number of amides is 1. The van der Waals surface area contributed by atoms with Crippen molar-refractivity contribution in [3.8, 4) is 11.4 Å². The second-order valence-electron chi connectivity index (χ2n) is 6.80. The Bertz CT molecular complexity index is 1100. The van der Waals surface area contributed by atoms with E-state index in [2.05, 4.69) is 19.9 Å². The van der Waals surface area contributed by atoms with Crippen molar-refractivity contribution in [3.63, 3.8) is 0 Å². The van der Waals surface area contributed by atoms with Crippen LogP contribution in [-0.2, 0) is 4.79 Å². The molecule has 3 aromatic rings. The Kier molecular flexibility index (Phi) is 5.22. The van der Waals surface area contributed by atoms with Gasteiger partial charge in [0.15, 0.2) is 17.5 Å². The highest BCUT2D eigenvalue weighted by molar-refractivity contribution is 6.31. The molecule has 12 heteroatoms. The van der Waals surface area contributed by atoms with Gasteiger partial charge in [-0.25, -0.2) is 19.3 Å². The minimum atomic E-state index is -4.53. The van der Waals surface area contributed by atoms with E-state index in [1.54, 1.807) is 12.3 Å². The summed E-state index contributed by atoms with van der Waals surface area (Å²) in [5, 5.41) is 2.88. The third-order valence-electron chi connectivity index (χ3n) is 4.75. The number of pyridine rings is 1. The summed E-state index contributed by atoms with van der Waals surface area (Å²) < 4.78 is 51.8. The van der Waals surface area contributed by atoms with Crippen LogP contribution in [0.15, 0.2) is 24.7 Å². The van der Waals surface area contributed by atoms with Crippen molar-refractivity contribution >= 4 is 34.4 Å². The summed E-state index contributed by atoms with van der Waals surface area (Å²) in [6.45, 7) is -1.17. The summed E-state index contributed by atoms with van der Waals surface area (Å²) in [7, 11) is 0. The Morgan fingerprint density at radius 1 is 1.33 bits per heavy atom. The third kappa shape index (κ3) is 4.02. The number of nitrogens with zero attached hydrogens (tertiary/aromatic N) is 4. The largest absolute Gasteiger partial charge is 0.405 e. The van der Waals surface area contributed by atoms with E-state index in [1.165, 1.54) is 11.1 Å². The fourth-order valence-corrected chi connectivity index (χ4v) is 3.61. The van der Waals surface area contributed by atoms with Crippen molar-refractivity contribution in [2.24, 2.45) is 0 Å². The summed E-state index contributed by atoms with van der Waals surface area (Å²) in [5.41, 5.74) is 1.06. The molecule has 0 radical (unpaired) electrons. The third-order valence-corrected chi connectivity index (χ3v) is 4.96. The first-order chi connectivity index (χ1) is 14.2. The summed E-state index contributed by atoms with van der Waals surface area (Å²) in [4.78, 5) is 29.0. The van der Waals surface area contributed by atoms with Gasteiger partial charge in [0.05, 0.1) is 11.2 Å². The highest BCUT2D eigenvalue weighted by Gasteiger charge is 2.36. The van der Waals surface area contributed by atoms with Gasteiger partial charge in [-0.15, -0.1) is 0 Å². The second-order valence-corrected chi connectivity index (χ2v) is 7.24. The van der Waals surface area contributed by atoms with Crippen molar-refractivity contribution in [1.29, 1.82) is 0 Å². The van der Waals surface area contributed by atoms with Crippen LogP contribution >= 0.6 is 11.6 Å². The van der Waals surface area contributed by atoms with Crippen molar-refractivity contribution < 1.29 is 22.4 Å². The number of carbonyl (C=O) groups excluding carboxylic acids is 1. The number of anilines is 1.